The van der Waals surface area contributed by atoms with Crippen molar-refractivity contribution in [2.45, 2.75) is 32.4 Å². The van der Waals surface area contributed by atoms with Gasteiger partial charge in [0, 0.05) is 19.3 Å². The van der Waals surface area contributed by atoms with E-state index in [4.69, 9.17) is 9.78 Å². The molecule has 0 aliphatic carbocycles. The normalized spacial score (nSPS) is 13.2. The van der Waals surface area contributed by atoms with E-state index in [2.05, 4.69) is 14.9 Å². The molecule has 0 N–H and O–H groups in total. The van der Waals surface area contributed by atoms with Crippen molar-refractivity contribution in [3.63, 3.8) is 0 Å². The summed E-state index contributed by atoms with van der Waals surface area (Å²) in [6.07, 6.45) is -3.31. The molecule has 0 fully saturated rings. The molecule has 1 aromatic rings. The van der Waals surface area contributed by atoms with Gasteiger partial charge in [0.2, 0.25) is 5.89 Å². The van der Waals surface area contributed by atoms with E-state index in [1.807, 2.05) is 13.0 Å². The van der Waals surface area contributed by atoms with Gasteiger partial charge in [-0.15, -0.1) is 0 Å². The number of nitrogens with zero attached hydrogens (tertiary/aromatic N) is 3. The lowest BCUT2D eigenvalue weighted by atomic mass is 10.1. The summed E-state index contributed by atoms with van der Waals surface area (Å²) in [4.78, 5) is 4.02. The van der Waals surface area contributed by atoms with Gasteiger partial charge in [-0.2, -0.15) is 23.4 Å². The van der Waals surface area contributed by atoms with Crippen molar-refractivity contribution in [3.8, 4) is 6.07 Å². The second-order valence-corrected chi connectivity index (χ2v) is 4.19. The Kier molecular flexibility index (Phi) is 5.76. The average Bonchev–Trinajstić information content (AvgIpc) is 2.71. The van der Waals surface area contributed by atoms with Crippen LogP contribution in [0.4, 0.5) is 13.2 Å². The molecule has 106 valence electrons. The first kappa shape index (κ1) is 15.4. The standard InChI is InChI=1S/C11H14F3N3O2/c1-8(2-4-15)6-10-16-9(17-19-10)3-5-18-7-11(12,13)14/h8H,2-3,5-7H2,1H3. The Hall–Kier alpha value is -1.62. The van der Waals surface area contributed by atoms with E-state index in [1.54, 1.807) is 0 Å². The molecule has 1 aromatic heterocycles. The zero-order valence-corrected chi connectivity index (χ0v) is 10.4. The largest absolute Gasteiger partial charge is 0.411 e. The van der Waals surface area contributed by atoms with E-state index in [0.717, 1.165) is 0 Å². The van der Waals surface area contributed by atoms with Gasteiger partial charge in [-0.1, -0.05) is 12.1 Å². The molecule has 8 heteroatoms. The van der Waals surface area contributed by atoms with Crippen LogP contribution in [0.15, 0.2) is 4.52 Å². The third-order valence-electron chi connectivity index (χ3n) is 2.21. The van der Waals surface area contributed by atoms with Crippen LogP contribution in [0.1, 0.15) is 25.1 Å². The van der Waals surface area contributed by atoms with Gasteiger partial charge >= 0.3 is 6.18 Å². The van der Waals surface area contributed by atoms with Crippen LogP contribution in [0.25, 0.3) is 0 Å². The first-order valence-corrected chi connectivity index (χ1v) is 5.73. The van der Waals surface area contributed by atoms with Gasteiger partial charge in [0.1, 0.15) is 6.61 Å². The van der Waals surface area contributed by atoms with Crippen LogP contribution in [0.3, 0.4) is 0 Å². The minimum absolute atomic E-state index is 0.0970. The van der Waals surface area contributed by atoms with E-state index in [9.17, 15) is 13.2 Å². The van der Waals surface area contributed by atoms with Crippen LogP contribution in [0, 0.1) is 17.2 Å². The lowest BCUT2D eigenvalue weighted by Gasteiger charge is -2.05. The van der Waals surface area contributed by atoms with Gasteiger partial charge in [0.15, 0.2) is 5.82 Å². The fourth-order valence-electron chi connectivity index (χ4n) is 1.35. The number of aromatic nitrogens is 2. The second-order valence-electron chi connectivity index (χ2n) is 4.19. The molecule has 0 saturated carbocycles. The van der Waals surface area contributed by atoms with E-state index >= 15 is 0 Å². The Morgan fingerprint density at radius 1 is 1.47 bits per heavy atom. The van der Waals surface area contributed by atoms with Crippen molar-refractivity contribution >= 4 is 0 Å². The molecule has 5 nitrogen and oxygen atoms in total. The molecule has 1 heterocycles. The summed E-state index contributed by atoms with van der Waals surface area (Å²) in [6.45, 7) is 0.475. The van der Waals surface area contributed by atoms with Gasteiger partial charge in [0.05, 0.1) is 12.7 Å². The summed E-state index contributed by atoms with van der Waals surface area (Å²) in [5, 5.41) is 12.1. The summed E-state index contributed by atoms with van der Waals surface area (Å²) < 4.78 is 44.8. The Morgan fingerprint density at radius 2 is 2.21 bits per heavy atom. The maximum absolute atomic E-state index is 11.8. The molecular weight excluding hydrogens is 263 g/mol. The van der Waals surface area contributed by atoms with Crippen molar-refractivity contribution in [2.24, 2.45) is 5.92 Å². The van der Waals surface area contributed by atoms with E-state index in [1.165, 1.54) is 0 Å². The number of nitriles is 1. The molecule has 0 spiro atoms. The predicted octanol–water partition coefficient (Wildman–Crippen LogP) is 2.28. The van der Waals surface area contributed by atoms with Crippen molar-refractivity contribution in [3.05, 3.63) is 11.7 Å². The predicted molar refractivity (Wildman–Crippen MR) is 58.0 cm³/mol. The fraction of sp³-hybridized carbons (Fsp3) is 0.727. The quantitative estimate of drug-likeness (QED) is 0.715. The van der Waals surface area contributed by atoms with Crippen molar-refractivity contribution in [1.29, 1.82) is 5.26 Å². The highest BCUT2D eigenvalue weighted by Crippen LogP contribution is 2.14. The summed E-state index contributed by atoms with van der Waals surface area (Å²) in [5.41, 5.74) is 0. The topological polar surface area (TPSA) is 71.9 Å². The maximum Gasteiger partial charge on any atom is 0.411 e. The number of ether oxygens (including phenoxy) is 1. The molecule has 0 aliphatic rings. The van der Waals surface area contributed by atoms with Gasteiger partial charge < -0.3 is 9.26 Å². The zero-order chi connectivity index (χ0) is 14.3. The molecule has 0 aromatic carbocycles. The number of halogens is 3. The van der Waals surface area contributed by atoms with E-state index < -0.39 is 12.8 Å². The van der Waals surface area contributed by atoms with Gasteiger partial charge in [-0.3, -0.25) is 0 Å². The minimum atomic E-state index is -4.32. The van der Waals surface area contributed by atoms with Crippen LogP contribution < -0.4 is 0 Å². The monoisotopic (exact) mass is 277 g/mol. The molecule has 1 rings (SSSR count). The third-order valence-corrected chi connectivity index (χ3v) is 2.21. The van der Waals surface area contributed by atoms with Crippen molar-refractivity contribution < 1.29 is 22.4 Å². The van der Waals surface area contributed by atoms with E-state index in [0.29, 0.717) is 24.6 Å². The highest BCUT2D eigenvalue weighted by molar-refractivity contribution is 4.89. The Bertz CT molecular complexity index is 426. The molecular formula is C11H14F3N3O2. The summed E-state index contributed by atoms with van der Waals surface area (Å²) >= 11 is 0. The Morgan fingerprint density at radius 3 is 2.84 bits per heavy atom. The van der Waals surface area contributed by atoms with Gasteiger partial charge in [0.25, 0.3) is 0 Å². The van der Waals surface area contributed by atoms with Crippen molar-refractivity contribution in [1.82, 2.24) is 10.1 Å². The highest BCUT2D eigenvalue weighted by atomic mass is 19.4. The van der Waals surface area contributed by atoms with Gasteiger partial charge in [-0.25, -0.2) is 0 Å². The third kappa shape index (κ3) is 6.76. The minimum Gasteiger partial charge on any atom is -0.372 e. The number of alkyl halides is 3. The number of rotatable bonds is 7. The average molecular weight is 277 g/mol. The highest BCUT2D eigenvalue weighted by Gasteiger charge is 2.27. The molecule has 0 bridgehead atoms. The summed E-state index contributed by atoms with van der Waals surface area (Å²) in [7, 11) is 0. The lowest BCUT2D eigenvalue weighted by molar-refractivity contribution is -0.173. The molecule has 0 saturated heterocycles. The van der Waals surface area contributed by atoms with Crippen LogP contribution in [0.5, 0.6) is 0 Å². The zero-order valence-electron chi connectivity index (χ0n) is 10.4. The number of hydrogen-bond acceptors (Lipinski definition) is 5. The molecule has 1 atom stereocenters. The molecule has 0 amide bonds. The van der Waals surface area contributed by atoms with Crippen molar-refractivity contribution in [2.75, 3.05) is 13.2 Å². The first-order valence-electron chi connectivity index (χ1n) is 5.73. The first-order chi connectivity index (χ1) is 8.90. The van der Waals surface area contributed by atoms with Crippen LogP contribution in [-0.2, 0) is 17.6 Å². The van der Waals surface area contributed by atoms with Crippen LogP contribution in [-0.4, -0.2) is 29.5 Å². The Balaban J connectivity index is 2.29. The van der Waals surface area contributed by atoms with E-state index in [-0.39, 0.29) is 18.9 Å². The lowest BCUT2D eigenvalue weighted by Crippen LogP contribution is -2.18. The van der Waals surface area contributed by atoms with Crippen LogP contribution >= 0.6 is 0 Å². The molecule has 0 aliphatic heterocycles. The fourth-order valence-corrected chi connectivity index (χ4v) is 1.35. The van der Waals surface area contributed by atoms with Crippen LogP contribution in [0.2, 0.25) is 0 Å². The second kappa shape index (κ2) is 7.09. The summed E-state index contributed by atoms with van der Waals surface area (Å²) in [6, 6.07) is 2.03. The van der Waals surface area contributed by atoms with Gasteiger partial charge in [-0.05, 0) is 5.92 Å². The SMILES string of the molecule is CC(CC#N)Cc1nc(CCOCC(F)(F)F)no1. The molecule has 0 radical (unpaired) electrons. The number of hydrogen-bond donors (Lipinski definition) is 0. The smallest absolute Gasteiger partial charge is 0.372 e. The Labute approximate surface area is 108 Å². The molecule has 19 heavy (non-hydrogen) atoms. The summed E-state index contributed by atoms with van der Waals surface area (Å²) in [5.74, 6) is 0.787. The maximum atomic E-state index is 11.8. The molecule has 1 unspecified atom stereocenters.